The molecule has 9 heteroatoms. The lowest BCUT2D eigenvalue weighted by Gasteiger charge is -2.20. The summed E-state index contributed by atoms with van der Waals surface area (Å²) in [6.07, 6.45) is 1.93. The van der Waals surface area contributed by atoms with Gasteiger partial charge in [-0.25, -0.2) is 4.98 Å². The molecule has 1 aromatic heterocycles. The standard InChI is InChI=1S/C22H28Cl2N2O4Si/c1-28-19-8-5-16(12-25-19)26-13-15(11-20(26)27)21-18(7-6-17(23)22(21)24)30-14-29-9-10-31(2,3)4/h5-8,12,15H,9-11,13-14H2,1-4H3/t15-/m0/s1. The Morgan fingerprint density at radius 3 is 2.61 bits per heavy atom. The number of halogens is 2. The highest BCUT2D eigenvalue weighted by molar-refractivity contribution is 6.76. The molecule has 1 amide bonds. The van der Waals surface area contributed by atoms with E-state index in [1.54, 1.807) is 36.4 Å². The average molecular weight is 483 g/mol. The van der Waals surface area contributed by atoms with Gasteiger partial charge in [0.2, 0.25) is 11.8 Å². The molecule has 0 radical (unpaired) electrons. The number of nitrogens with zero attached hydrogens (tertiary/aromatic N) is 2. The normalized spacial score (nSPS) is 16.6. The molecule has 0 saturated carbocycles. The zero-order chi connectivity index (χ0) is 22.6. The first-order chi connectivity index (χ1) is 14.7. The van der Waals surface area contributed by atoms with Crippen molar-refractivity contribution in [2.45, 2.75) is 38.0 Å². The monoisotopic (exact) mass is 482 g/mol. The lowest BCUT2D eigenvalue weighted by atomic mass is 9.97. The van der Waals surface area contributed by atoms with Crippen LogP contribution in [0, 0.1) is 0 Å². The molecule has 1 aromatic carbocycles. The molecule has 31 heavy (non-hydrogen) atoms. The van der Waals surface area contributed by atoms with Crippen LogP contribution in [-0.4, -0.2) is 46.0 Å². The number of rotatable bonds is 9. The average Bonchev–Trinajstić information content (AvgIpc) is 3.10. The smallest absolute Gasteiger partial charge is 0.227 e. The van der Waals surface area contributed by atoms with Crippen LogP contribution in [0.1, 0.15) is 17.9 Å². The number of carbonyl (C=O) groups is 1. The molecule has 168 valence electrons. The van der Waals surface area contributed by atoms with E-state index in [1.807, 2.05) is 6.07 Å². The van der Waals surface area contributed by atoms with Crippen molar-refractivity contribution in [3.63, 3.8) is 0 Å². The molecular formula is C22H28Cl2N2O4Si. The van der Waals surface area contributed by atoms with Gasteiger partial charge in [0.05, 0.1) is 29.0 Å². The molecule has 0 spiro atoms. The molecule has 0 bridgehead atoms. The number of methoxy groups -OCH3 is 1. The Morgan fingerprint density at radius 2 is 1.97 bits per heavy atom. The van der Waals surface area contributed by atoms with Gasteiger partial charge in [0.1, 0.15) is 5.75 Å². The fourth-order valence-corrected chi connectivity index (χ4v) is 4.63. The highest BCUT2D eigenvalue weighted by Crippen LogP contribution is 2.43. The van der Waals surface area contributed by atoms with Gasteiger partial charge in [-0.1, -0.05) is 42.8 Å². The summed E-state index contributed by atoms with van der Waals surface area (Å²) < 4.78 is 16.7. The Hall–Kier alpha value is -1.80. The van der Waals surface area contributed by atoms with Gasteiger partial charge in [0, 0.05) is 45.2 Å². The van der Waals surface area contributed by atoms with Gasteiger partial charge < -0.3 is 19.1 Å². The van der Waals surface area contributed by atoms with Gasteiger partial charge >= 0.3 is 0 Å². The molecule has 1 saturated heterocycles. The van der Waals surface area contributed by atoms with Crippen LogP contribution in [-0.2, 0) is 9.53 Å². The van der Waals surface area contributed by atoms with Crippen LogP contribution in [0.25, 0.3) is 0 Å². The number of ether oxygens (including phenoxy) is 3. The molecular weight excluding hydrogens is 455 g/mol. The van der Waals surface area contributed by atoms with Gasteiger partial charge in [0.15, 0.2) is 6.79 Å². The van der Waals surface area contributed by atoms with Gasteiger partial charge in [-0.15, -0.1) is 0 Å². The van der Waals surface area contributed by atoms with Crippen molar-refractivity contribution in [2.24, 2.45) is 0 Å². The van der Waals surface area contributed by atoms with E-state index in [-0.39, 0.29) is 18.6 Å². The summed E-state index contributed by atoms with van der Waals surface area (Å²) in [4.78, 5) is 18.6. The van der Waals surface area contributed by atoms with Gasteiger partial charge in [0.25, 0.3) is 0 Å². The summed E-state index contributed by atoms with van der Waals surface area (Å²) in [7, 11) is 0.388. The van der Waals surface area contributed by atoms with Crippen LogP contribution in [0.5, 0.6) is 11.6 Å². The molecule has 1 aliphatic rings. The van der Waals surface area contributed by atoms with Crippen molar-refractivity contribution < 1.29 is 19.0 Å². The first-order valence-electron chi connectivity index (χ1n) is 10.2. The summed E-state index contributed by atoms with van der Waals surface area (Å²) >= 11 is 12.8. The zero-order valence-electron chi connectivity index (χ0n) is 18.3. The highest BCUT2D eigenvalue weighted by atomic mass is 35.5. The lowest BCUT2D eigenvalue weighted by molar-refractivity contribution is -0.117. The summed E-state index contributed by atoms with van der Waals surface area (Å²) in [5.41, 5.74) is 1.45. The van der Waals surface area contributed by atoms with E-state index in [2.05, 4.69) is 24.6 Å². The maximum Gasteiger partial charge on any atom is 0.227 e. The number of amides is 1. The molecule has 1 atom stereocenters. The van der Waals surface area contributed by atoms with E-state index in [9.17, 15) is 4.79 Å². The SMILES string of the molecule is COc1ccc(N2C[C@@H](c3c(OCOCC[Si](C)(C)C)ccc(Cl)c3Cl)CC2=O)cn1. The third kappa shape index (κ3) is 6.13. The largest absolute Gasteiger partial charge is 0.481 e. The summed E-state index contributed by atoms with van der Waals surface area (Å²) in [6, 6.07) is 8.09. The molecule has 6 nitrogen and oxygen atoms in total. The van der Waals surface area contributed by atoms with E-state index in [4.69, 9.17) is 37.4 Å². The van der Waals surface area contributed by atoms with Crippen molar-refractivity contribution in [3.05, 3.63) is 46.1 Å². The number of hydrogen-bond acceptors (Lipinski definition) is 5. The summed E-state index contributed by atoms with van der Waals surface area (Å²) in [5, 5.41) is 0.842. The van der Waals surface area contributed by atoms with Crippen molar-refractivity contribution >= 4 is 42.9 Å². The summed E-state index contributed by atoms with van der Waals surface area (Å²) in [5.74, 6) is 0.924. The van der Waals surface area contributed by atoms with Crippen LogP contribution >= 0.6 is 23.2 Å². The van der Waals surface area contributed by atoms with Gasteiger partial charge in [-0.05, 0) is 24.2 Å². The molecule has 1 fully saturated rings. The van der Waals surface area contributed by atoms with Crippen LogP contribution in [0.3, 0.4) is 0 Å². The molecule has 2 heterocycles. The Bertz CT molecular complexity index is 919. The Labute approximate surface area is 194 Å². The van der Waals surface area contributed by atoms with Crippen molar-refractivity contribution in [1.29, 1.82) is 0 Å². The van der Waals surface area contributed by atoms with Crippen molar-refractivity contribution in [1.82, 2.24) is 4.98 Å². The van der Waals surface area contributed by atoms with Crippen LogP contribution in [0.4, 0.5) is 5.69 Å². The maximum atomic E-state index is 12.7. The van der Waals surface area contributed by atoms with Gasteiger partial charge in [-0.3, -0.25) is 4.79 Å². The second kappa shape index (κ2) is 10.2. The number of aromatic nitrogens is 1. The second-order valence-corrected chi connectivity index (χ2v) is 15.1. The maximum absolute atomic E-state index is 12.7. The van der Waals surface area contributed by atoms with Crippen LogP contribution in [0.15, 0.2) is 30.5 Å². The molecule has 2 aromatic rings. The summed E-state index contributed by atoms with van der Waals surface area (Å²) in [6.45, 7) is 8.15. The number of hydrogen-bond donors (Lipinski definition) is 0. The Morgan fingerprint density at radius 1 is 1.19 bits per heavy atom. The third-order valence-electron chi connectivity index (χ3n) is 5.16. The van der Waals surface area contributed by atoms with Crippen molar-refractivity contribution in [2.75, 3.05) is 32.0 Å². The quantitative estimate of drug-likeness (QED) is 0.264. The first-order valence-corrected chi connectivity index (χ1v) is 14.6. The second-order valence-electron chi connectivity index (χ2n) is 8.72. The molecule has 3 rings (SSSR count). The van der Waals surface area contributed by atoms with E-state index >= 15 is 0 Å². The van der Waals surface area contributed by atoms with Gasteiger partial charge in [-0.2, -0.15) is 0 Å². The molecule has 0 N–H and O–H groups in total. The molecule has 0 unspecified atom stereocenters. The van der Waals surface area contributed by atoms with E-state index in [0.29, 0.717) is 46.9 Å². The topological polar surface area (TPSA) is 60.9 Å². The van der Waals surface area contributed by atoms with Crippen molar-refractivity contribution in [3.8, 4) is 11.6 Å². The van der Waals surface area contributed by atoms with Crippen LogP contribution in [0.2, 0.25) is 35.7 Å². The minimum Gasteiger partial charge on any atom is -0.481 e. The first kappa shape index (κ1) is 23.9. The fraction of sp³-hybridized carbons (Fsp3) is 0.455. The van der Waals surface area contributed by atoms with E-state index < -0.39 is 8.07 Å². The Balaban J connectivity index is 1.73. The van der Waals surface area contributed by atoms with Crippen LogP contribution < -0.4 is 14.4 Å². The van der Waals surface area contributed by atoms with E-state index in [1.165, 1.54) is 0 Å². The third-order valence-corrected chi connectivity index (χ3v) is 7.68. The zero-order valence-corrected chi connectivity index (χ0v) is 20.8. The predicted octanol–water partition coefficient (Wildman–Crippen LogP) is 5.61. The number of pyridine rings is 1. The molecule has 0 aliphatic carbocycles. The number of carbonyl (C=O) groups excluding carboxylic acids is 1. The lowest BCUT2D eigenvalue weighted by Crippen LogP contribution is -2.24. The predicted molar refractivity (Wildman–Crippen MR) is 127 cm³/mol. The highest BCUT2D eigenvalue weighted by Gasteiger charge is 2.35. The fourth-order valence-electron chi connectivity index (χ4n) is 3.40. The minimum atomic E-state index is -1.16. The molecule has 1 aliphatic heterocycles. The van der Waals surface area contributed by atoms with E-state index in [0.717, 1.165) is 11.6 Å². The number of benzene rings is 1. The number of anilines is 1. The Kier molecular flexibility index (Phi) is 7.86. The minimum absolute atomic E-state index is 0.00894.